The van der Waals surface area contributed by atoms with Gasteiger partial charge in [0.1, 0.15) is 11.8 Å². The fourth-order valence-corrected chi connectivity index (χ4v) is 7.34. The van der Waals surface area contributed by atoms with Crippen LogP contribution in [0.2, 0.25) is 0 Å². The molecule has 1 aromatic heterocycles. The second-order valence-electron chi connectivity index (χ2n) is 11.5. The van der Waals surface area contributed by atoms with Crippen LogP contribution in [0.3, 0.4) is 0 Å². The number of aliphatic hydroxyl groups excluding tert-OH is 2. The smallest absolute Gasteiger partial charge is 0.317 e. The van der Waals surface area contributed by atoms with E-state index >= 15 is 0 Å². The maximum atomic E-state index is 14.3. The number of allylic oxidation sites excluding steroid dienone is 1. The highest BCUT2D eigenvalue weighted by atomic mass is 19.3. The molecular weight excluding hydrogens is 458 g/mol. The highest BCUT2D eigenvalue weighted by molar-refractivity contribution is 5.95. The summed E-state index contributed by atoms with van der Waals surface area (Å²) >= 11 is 0. The molecule has 0 saturated heterocycles. The number of aliphatic hydroxyl groups is 3. The lowest BCUT2D eigenvalue weighted by Crippen LogP contribution is -2.66. The Balaban J connectivity index is 1.65. The third-order valence-corrected chi connectivity index (χ3v) is 9.20. The third kappa shape index (κ3) is 3.07. The van der Waals surface area contributed by atoms with Crippen LogP contribution in [0, 0.1) is 34.5 Å². The fourth-order valence-electron chi connectivity index (χ4n) is 7.34. The zero-order valence-corrected chi connectivity index (χ0v) is 20.5. The Bertz CT molecular complexity index is 1140. The Morgan fingerprint density at radius 3 is 2.63 bits per heavy atom. The van der Waals surface area contributed by atoms with Crippen molar-refractivity contribution in [1.82, 2.24) is 9.97 Å². The Kier molecular flexibility index (Phi) is 5.17. The van der Waals surface area contributed by atoms with E-state index in [9.17, 15) is 28.9 Å². The van der Waals surface area contributed by atoms with Crippen molar-refractivity contribution in [2.24, 2.45) is 34.5 Å². The molecule has 4 aliphatic rings. The minimum Gasteiger partial charge on any atom is -0.452 e. The molecule has 1 heterocycles. The van der Waals surface area contributed by atoms with Crippen LogP contribution in [0.1, 0.15) is 46.7 Å². The number of ether oxygens (including phenoxy) is 1. The van der Waals surface area contributed by atoms with Gasteiger partial charge in [0.05, 0.1) is 12.0 Å². The first-order valence-corrected chi connectivity index (χ1v) is 12.0. The van der Waals surface area contributed by atoms with Crippen LogP contribution in [-0.2, 0) is 10.7 Å². The molecule has 5 rings (SSSR count). The molecular formula is C26H32F2N2O5. The summed E-state index contributed by atoms with van der Waals surface area (Å²) in [5, 5.41) is 34.0. The maximum Gasteiger partial charge on any atom is 0.317 e. The van der Waals surface area contributed by atoms with Crippen molar-refractivity contribution in [2.45, 2.75) is 64.8 Å². The van der Waals surface area contributed by atoms with E-state index in [4.69, 9.17) is 4.74 Å². The molecule has 1 aromatic rings. The molecule has 190 valence electrons. The lowest BCUT2D eigenvalue weighted by atomic mass is 9.59. The number of aromatic nitrogens is 2. The summed E-state index contributed by atoms with van der Waals surface area (Å²) in [7, 11) is 0. The molecule has 0 amide bonds. The van der Waals surface area contributed by atoms with Gasteiger partial charge in [0.15, 0.2) is 17.5 Å². The molecule has 1 spiro atoms. The number of halogens is 2. The van der Waals surface area contributed by atoms with Crippen molar-refractivity contribution in [1.29, 1.82) is 0 Å². The lowest BCUT2D eigenvalue weighted by molar-refractivity contribution is -0.186. The van der Waals surface area contributed by atoms with E-state index in [1.807, 2.05) is 6.92 Å². The summed E-state index contributed by atoms with van der Waals surface area (Å²) in [6.07, 6.45) is 2.20. The van der Waals surface area contributed by atoms with Crippen LogP contribution in [0.15, 0.2) is 35.6 Å². The topological polar surface area (TPSA) is 113 Å². The number of carbonyl (C=O) groups excluding carboxylic acids is 1. The van der Waals surface area contributed by atoms with E-state index in [-0.39, 0.29) is 34.5 Å². The summed E-state index contributed by atoms with van der Waals surface area (Å²) in [4.78, 5) is 22.1. The number of alkyl halides is 2. The Labute approximate surface area is 202 Å². The average Bonchev–Trinajstić information content (AvgIpc) is 3.27. The molecule has 3 N–H and O–H groups in total. The van der Waals surface area contributed by atoms with Gasteiger partial charge in [-0.25, -0.2) is 4.98 Å². The molecule has 35 heavy (non-hydrogen) atoms. The van der Waals surface area contributed by atoms with Crippen molar-refractivity contribution in [3.63, 3.8) is 0 Å². The predicted molar refractivity (Wildman–Crippen MR) is 121 cm³/mol. The minimum atomic E-state index is -3.23. The molecule has 4 aliphatic carbocycles. The van der Waals surface area contributed by atoms with E-state index in [0.717, 1.165) is 12.3 Å². The standard InChI is InChI=1S/C26H32F2N2O5/c1-12-10-25-13(2)8-16-18(23(16,3)4)15(20(25)33)9-14(11-31)19(32)26(25,34)21(12)35-22-29-7-6-17(30-22)24(5,27)28/h6-7,9-10,13,15-16,18-19,21,31-32,34H,8,11H2,1-5H3/t13?,15-,16?,18?,19+,21-,25?,26-/m0/s1. The van der Waals surface area contributed by atoms with Crippen molar-refractivity contribution in [2.75, 3.05) is 6.61 Å². The predicted octanol–water partition coefficient (Wildman–Crippen LogP) is 2.80. The number of hydrogen-bond acceptors (Lipinski definition) is 7. The van der Waals surface area contributed by atoms with Crippen LogP contribution >= 0.6 is 0 Å². The van der Waals surface area contributed by atoms with Crippen molar-refractivity contribution >= 4 is 5.78 Å². The van der Waals surface area contributed by atoms with Gasteiger partial charge in [0.2, 0.25) is 0 Å². The number of hydrogen-bond donors (Lipinski definition) is 3. The van der Waals surface area contributed by atoms with E-state index in [1.54, 1.807) is 19.1 Å². The number of nitrogens with zero attached hydrogens (tertiary/aromatic N) is 2. The molecule has 9 heteroatoms. The number of ketones is 1. The first-order valence-electron chi connectivity index (χ1n) is 12.0. The third-order valence-electron chi connectivity index (χ3n) is 9.20. The maximum absolute atomic E-state index is 14.3. The summed E-state index contributed by atoms with van der Waals surface area (Å²) in [5.41, 5.74) is -3.69. The van der Waals surface area contributed by atoms with Gasteiger partial charge >= 0.3 is 6.01 Å². The van der Waals surface area contributed by atoms with E-state index in [2.05, 4.69) is 23.8 Å². The van der Waals surface area contributed by atoms with Crippen LogP contribution in [0.25, 0.3) is 0 Å². The van der Waals surface area contributed by atoms with E-state index in [0.29, 0.717) is 18.9 Å². The molecule has 4 unspecified atom stereocenters. The first-order chi connectivity index (χ1) is 16.2. The van der Waals surface area contributed by atoms with E-state index < -0.39 is 53.4 Å². The zero-order valence-electron chi connectivity index (χ0n) is 20.5. The highest BCUT2D eigenvalue weighted by Gasteiger charge is 2.76. The number of fused-ring (bicyclic) bond motifs is 3. The van der Waals surface area contributed by atoms with Gasteiger partial charge in [-0.1, -0.05) is 32.9 Å². The van der Waals surface area contributed by atoms with Crippen molar-refractivity contribution < 1.29 is 33.6 Å². The van der Waals surface area contributed by atoms with Gasteiger partial charge in [-0.15, -0.1) is 0 Å². The number of carbonyl (C=O) groups is 1. The van der Waals surface area contributed by atoms with Gasteiger partial charge in [-0.2, -0.15) is 13.8 Å². The molecule has 0 radical (unpaired) electrons. The first kappa shape index (κ1) is 24.5. The largest absolute Gasteiger partial charge is 0.452 e. The lowest BCUT2D eigenvalue weighted by Gasteiger charge is -2.48. The molecule has 2 bridgehead atoms. The Morgan fingerprint density at radius 1 is 1.31 bits per heavy atom. The molecule has 2 fully saturated rings. The number of rotatable bonds is 4. The van der Waals surface area contributed by atoms with Crippen molar-refractivity contribution in [3.05, 3.63) is 41.3 Å². The highest BCUT2D eigenvalue weighted by Crippen LogP contribution is 2.71. The SMILES string of the molecule is CC1=CC23C(=O)[C@@H](C=C(CO)[C@@H](O)[C@]2(O)[C@H]1Oc1nccc(C(C)(F)F)n1)C1C(CC3C)C1(C)C. The van der Waals surface area contributed by atoms with Crippen molar-refractivity contribution in [3.8, 4) is 6.01 Å². The molecule has 2 saturated carbocycles. The normalized spacial score (nSPS) is 41.7. The summed E-state index contributed by atoms with van der Waals surface area (Å²) in [6, 6.07) is 0.677. The zero-order chi connectivity index (χ0) is 25.7. The summed E-state index contributed by atoms with van der Waals surface area (Å²) in [5.74, 6) is -4.09. The summed E-state index contributed by atoms with van der Waals surface area (Å²) in [6.45, 7) is 7.97. The quantitative estimate of drug-likeness (QED) is 0.557. The summed E-state index contributed by atoms with van der Waals surface area (Å²) < 4.78 is 33.7. The monoisotopic (exact) mass is 490 g/mol. The van der Waals surface area contributed by atoms with Crippen LogP contribution in [-0.4, -0.2) is 55.5 Å². The van der Waals surface area contributed by atoms with E-state index in [1.165, 1.54) is 0 Å². The van der Waals surface area contributed by atoms with Gasteiger partial charge in [-0.3, -0.25) is 4.79 Å². The molecule has 0 aliphatic heterocycles. The molecule has 8 atom stereocenters. The van der Waals surface area contributed by atoms with Gasteiger partial charge < -0.3 is 20.1 Å². The van der Waals surface area contributed by atoms with Gasteiger partial charge in [0.25, 0.3) is 5.92 Å². The second-order valence-corrected chi connectivity index (χ2v) is 11.5. The molecule has 0 aromatic carbocycles. The Morgan fingerprint density at radius 2 is 2.00 bits per heavy atom. The average molecular weight is 491 g/mol. The van der Waals surface area contributed by atoms with Crippen LogP contribution in [0.5, 0.6) is 6.01 Å². The fraction of sp³-hybridized carbons (Fsp3) is 0.654. The number of Topliss-reactive ketones (excluding diaryl/α,β-unsaturated/α-hetero) is 1. The molecule has 7 nitrogen and oxygen atoms in total. The van der Waals surface area contributed by atoms with Gasteiger partial charge in [-0.05, 0) is 53.7 Å². The second kappa shape index (κ2) is 7.40. The Hall–Kier alpha value is -2.23. The van der Waals surface area contributed by atoms with Crippen LogP contribution < -0.4 is 4.74 Å². The van der Waals surface area contributed by atoms with Gasteiger partial charge in [0, 0.05) is 19.0 Å². The minimum absolute atomic E-state index is 0.0356. The van der Waals surface area contributed by atoms with Crippen LogP contribution in [0.4, 0.5) is 8.78 Å².